The predicted octanol–water partition coefficient (Wildman–Crippen LogP) is 3.64. The van der Waals surface area contributed by atoms with E-state index in [9.17, 15) is 17.6 Å². The first-order valence-corrected chi connectivity index (χ1v) is 6.19. The molecule has 0 bridgehead atoms. The Morgan fingerprint density at radius 3 is 2.50 bits per heavy atom. The number of nitrogens with zero attached hydrogens (tertiary/aromatic N) is 3. The second-order valence-electron chi connectivity index (χ2n) is 4.79. The molecule has 2 atom stereocenters. The average Bonchev–Trinajstić information content (AvgIpc) is 2.85. The van der Waals surface area contributed by atoms with Crippen LogP contribution >= 0.6 is 0 Å². The third-order valence-electron chi connectivity index (χ3n) is 3.51. The summed E-state index contributed by atoms with van der Waals surface area (Å²) in [5.74, 6) is 0. The topological polar surface area (TPSA) is 30.7 Å². The summed E-state index contributed by atoms with van der Waals surface area (Å²) >= 11 is 0. The van der Waals surface area contributed by atoms with Gasteiger partial charge in [0.05, 0.1) is 17.8 Å². The second-order valence-corrected chi connectivity index (χ2v) is 4.79. The molecule has 1 fully saturated rings. The minimum atomic E-state index is -4.46. The molecule has 2 aromatic rings. The number of alkyl halides is 4. The summed E-state index contributed by atoms with van der Waals surface area (Å²) in [4.78, 5) is 0. The van der Waals surface area contributed by atoms with E-state index in [1.165, 1.54) is 29.1 Å². The zero-order valence-electron chi connectivity index (χ0n) is 10.3. The molecule has 1 saturated carbocycles. The second kappa shape index (κ2) is 4.57. The SMILES string of the molecule is F[C@@H]1CC[C@@H]1n1cc(-c2ccccc2C(F)(F)F)nn1. The lowest BCUT2D eigenvalue weighted by atomic mass is 9.91. The summed E-state index contributed by atoms with van der Waals surface area (Å²) in [7, 11) is 0. The Balaban J connectivity index is 1.98. The van der Waals surface area contributed by atoms with Gasteiger partial charge in [0.1, 0.15) is 11.9 Å². The van der Waals surface area contributed by atoms with Crippen molar-refractivity contribution in [2.45, 2.75) is 31.2 Å². The molecule has 0 saturated heterocycles. The summed E-state index contributed by atoms with van der Waals surface area (Å²) in [6.45, 7) is 0. The molecule has 0 amide bonds. The molecule has 1 aliphatic rings. The molecular weight excluding hydrogens is 274 g/mol. The van der Waals surface area contributed by atoms with Crippen LogP contribution in [-0.4, -0.2) is 21.2 Å². The molecule has 3 nitrogen and oxygen atoms in total. The number of hydrogen-bond acceptors (Lipinski definition) is 2. The van der Waals surface area contributed by atoms with Crippen molar-refractivity contribution in [3.8, 4) is 11.3 Å². The Morgan fingerprint density at radius 2 is 1.90 bits per heavy atom. The first-order valence-electron chi connectivity index (χ1n) is 6.19. The van der Waals surface area contributed by atoms with E-state index in [4.69, 9.17) is 0 Å². The van der Waals surface area contributed by atoms with E-state index >= 15 is 0 Å². The molecule has 0 aliphatic heterocycles. The highest BCUT2D eigenvalue weighted by Gasteiger charge is 2.36. The number of hydrogen-bond donors (Lipinski definition) is 0. The summed E-state index contributed by atoms with van der Waals surface area (Å²) in [6.07, 6.45) is -2.99. The Labute approximate surface area is 112 Å². The Hall–Kier alpha value is -1.92. The van der Waals surface area contributed by atoms with Gasteiger partial charge in [-0.1, -0.05) is 23.4 Å². The van der Waals surface area contributed by atoms with Gasteiger partial charge in [0.25, 0.3) is 0 Å². The van der Waals surface area contributed by atoms with Crippen LogP contribution in [0.25, 0.3) is 11.3 Å². The van der Waals surface area contributed by atoms with Gasteiger partial charge in [0.15, 0.2) is 0 Å². The van der Waals surface area contributed by atoms with E-state index in [0.29, 0.717) is 12.8 Å². The highest BCUT2D eigenvalue weighted by molar-refractivity contribution is 5.63. The average molecular weight is 285 g/mol. The molecule has 1 aliphatic carbocycles. The molecular formula is C13H11F4N3. The summed E-state index contributed by atoms with van der Waals surface area (Å²) < 4.78 is 53.4. The molecule has 0 radical (unpaired) electrons. The van der Waals surface area contributed by atoms with Crippen LogP contribution in [0.1, 0.15) is 24.4 Å². The van der Waals surface area contributed by atoms with Gasteiger partial charge in [0, 0.05) is 5.56 Å². The maximum atomic E-state index is 13.3. The van der Waals surface area contributed by atoms with Crippen molar-refractivity contribution in [1.29, 1.82) is 0 Å². The number of halogens is 4. The van der Waals surface area contributed by atoms with Crippen LogP contribution < -0.4 is 0 Å². The lowest BCUT2D eigenvalue weighted by Crippen LogP contribution is -2.30. The standard InChI is InChI=1S/C13H11F4N3/c14-10-5-6-12(10)20-7-11(18-19-20)8-3-1-2-4-9(8)13(15,16)17/h1-4,7,10,12H,5-6H2/t10-,12+/m1/s1. The zero-order chi connectivity index (χ0) is 14.3. The van der Waals surface area contributed by atoms with Crippen molar-refractivity contribution in [2.24, 2.45) is 0 Å². The molecule has 20 heavy (non-hydrogen) atoms. The molecule has 0 spiro atoms. The van der Waals surface area contributed by atoms with Crippen molar-refractivity contribution in [3.05, 3.63) is 36.0 Å². The number of benzene rings is 1. The van der Waals surface area contributed by atoms with Crippen LogP contribution in [0, 0.1) is 0 Å². The maximum Gasteiger partial charge on any atom is 0.417 e. The van der Waals surface area contributed by atoms with Crippen molar-refractivity contribution in [2.75, 3.05) is 0 Å². The largest absolute Gasteiger partial charge is 0.417 e. The van der Waals surface area contributed by atoms with E-state index < -0.39 is 24.0 Å². The fourth-order valence-corrected chi connectivity index (χ4v) is 2.26. The van der Waals surface area contributed by atoms with Gasteiger partial charge in [-0.05, 0) is 18.9 Å². The molecule has 7 heteroatoms. The number of rotatable bonds is 2. The predicted molar refractivity (Wildman–Crippen MR) is 63.6 cm³/mol. The lowest BCUT2D eigenvalue weighted by molar-refractivity contribution is -0.137. The monoisotopic (exact) mass is 285 g/mol. The fraction of sp³-hybridized carbons (Fsp3) is 0.385. The Kier molecular flexibility index (Phi) is 2.99. The third-order valence-corrected chi connectivity index (χ3v) is 3.51. The summed E-state index contributed by atoms with van der Waals surface area (Å²) in [5.41, 5.74) is -0.699. The lowest BCUT2D eigenvalue weighted by Gasteiger charge is -2.29. The Bertz CT molecular complexity index is 620. The van der Waals surface area contributed by atoms with Crippen LogP contribution in [0.2, 0.25) is 0 Å². The van der Waals surface area contributed by atoms with Gasteiger partial charge in [-0.15, -0.1) is 5.10 Å². The molecule has 1 heterocycles. The van der Waals surface area contributed by atoms with Gasteiger partial charge in [-0.3, -0.25) is 0 Å². The summed E-state index contributed by atoms with van der Waals surface area (Å²) in [6, 6.07) is 4.75. The van der Waals surface area contributed by atoms with Crippen LogP contribution in [0.4, 0.5) is 17.6 Å². The highest BCUT2D eigenvalue weighted by atomic mass is 19.4. The van der Waals surface area contributed by atoms with E-state index in [0.717, 1.165) is 6.07 Å². The van der Waals surface area contributed by atoms with Gasteiger partial charge in [-0.25, -0.2) is 9.07 Å². The minimum absolute atomic E-state index is 0.0408. The van der Waals surface area contributed by atoms with E-state index in [1.807, 2.05) is 0 Å². The number of aromatic nitrogens is 3. The van der Waals surface area contributed by atoms with Crippen LogP contribution in [0.5, 0.6) is 0 Å². The summed E-state index contributed by atoms with van der Waals surface area (Å²) in [5, 5.41) is 7.49. The Morgan fingerprint density at radius 1 is 1.15 bits per heavy atom. The smallest absolute Gasteiger partial charge is 0.246 e. The minimum Gasteiger partial charge on any atom is -0.246 e. The molecule has 3 rings (SSSR count). The van der Waals surface area contributed by atoms with Gasteiger partial charge >= 0.3 is 6.18 Å². The van der Waals surface area contributed by atoms with Crippen molar-refractivity contribution in [3.63, 3.8) is 0 Å². The first kappa shape index (κ1) is 13.1. The highest BCUT2D eigenvalue weighted by Crippen LogP contribution is 2.38. The molecule has 106 valence electrons. The maximum absolute atomic E-state index is 13.3. The fourth-order valence-electron chi connectivity index (χ4n) is 2.26. The van der Waals surface area contributed by atoms with Crippen molar-refractivity contribution >= 4 is 0 Å². The third kappa shape index (κ3) is 2.17. The molecule has 0 N–H and O–H groups in total. The van der Waals surface area contributed by atoms with Crippen LogP contribution in [0.3, 0.4) is 0 Å². The normalized spacial score (nSPS) is 22.6. The van der Waals surface area contributed by atoms with Gasteiger partial charge < -0.3 is 0 Å². The first-order chi connectivity index (χ1) is 9.47. The molecule has 0 unspecified atom stereocenters. The van der Waals surface area contributed by atoms with E-state index in [2.05, 4.69) is 10.3 Å². The van der Waals surface area contributed by atoms with E-state index in [-0.39, 0.29) is 11.3 Å². The van der Waals surface area contributed by atoms with Crippen LogP contribution in [-0.2, 0) is 6.18 Å². The van der Waals surface area contributed by atoms with Gasteiger partial charge in [-0.2, -0.15) is 13.2 Å². The van der Waals surface area contributed by atoms with Crippen molar-refractivity contribution in [1.82, 2.24) is 15.0 Å². The quantitative estimate of drug-likeness (QED) is 0.789. The van der Waals surface area contributed by atoms with E-state index in [1.54, 1.807) is 0 Å². The zero-order valence-corrected chi connectivity index (χ0v) is 10.3. The molecule has 1 aromatic carbocycles. The van der Waals surface area contributed by atoms with Crippen LogP contribution in [0.15, 0.2) is 30.5 Å². The molecule has 1 aromatic heterocycles. The van der Waals surface area contributed by atoms with Crippen molar-refractivity contribution < 1.29 is 17.6 Å². The van der Waals surface area contributed by atoms with Gasteiger partial charge in [0.2, 0.25) is 0 Å².